The van der Waals surface area contributed by atoms with E-state index in [1.807, 2.05) is 9.80 Å². The van der Waals surface area contributed by atoms with Gasteiger partial charge in [-0.2, -0.15) is 18.3 Å². The molecule has 4 aromatic rings. The number of nitrogens with one attached hydrogen (secondary N) is 4. The van der Waals surface area contributed by atoms with Gasteiger partial charge in [-0.15, -0.1) is 0 Å². The molecular weight excluding hydrogens is 683 g/mol. The summed E-state index contributed by atoms with van der Waals surface area (Å²) in [6.07, 6.45) is -3.31. The molecule has 1 fully saturated rings. The average Bonchev–Trinajstić information content (AvgIpc) is 3.03. The molecule has 0 radical (unpaired) electrons. The molecule has 0 aliphatic carbocycles. The number of nitrogens with zero attached hydrogens (tertiary/aromatic N) is 3. The first-order valence-corrected chi connectivity index (χ1v) is 15.5. The van der Waals surface area contributed by atoms with E-state index in [1.54, 1.807) is 37.3 Å². The van der Waals surface area contributed by atoms with E-state index in [-0.39, 0.29) is 41.9 Å². The second-order valence-corrected chi connectivity index (χ2v) is 11.8. The second-order valence-electron chi connectivity index (χ2n) is 11.4. The molecule has 0 spiro atoms. The van der Waals surface area contributed by atoms with Crippen molar-refractivity contribution in [2.75, 3.05) is 55.2 Å². The number of urea groups is 1. The van der Waals surface area contributed by atoms with Gasteiger partial charge in [0.05, 0.1) is 29.9 Å². The van der Waals surface area contributed by atoms with Gasteiger partial charge in [0, 0.05) is 66.3 Å². The van der Waals surface area contributed by atoms with Gasteiger partial charge in [-0.05, 0) is 61.0 Å². The van der Waals surface area contributed by atoms with Gasteiger partial charge < -0.3 is 25.5 Å². The Labute approximate surface area is 287 Å². The molecule has 0 bridgehead atoms. The fourth-order valence-corrected chi connectivity index (χ4v) is 5.44. The number of hydrazone groups is 1. The lowest BCUT2D eigenvalue weighted by Crippen LogP contribution is -2.50. The van der Waals surface area contributed by atoms with Crippen LogP contribution in [0.5, 0.6) is 5.75 Å². The van der Waals surface area contributed by atoms with E-state index in [2.05, 4.69) is 26.5 Å². The smallest absolute Gasteiger partial charge is 0.417 e. The minimum absolute atomic E-state index is 0.0764. The molecule has 262 valence electrons. The summed E-state index contributed by atoms with van der Waals surface area (Å²) in [5.74, 6) is -0.766. The zero-order chi connectivity index (χ0) is 36.0. The number of carbonyl (C=O) groups is 3. The maximum Gasteiger partial charge on any atom is 0.417 e. The SMILES string of the molecule is Cc1cc(=O)oc2cc(O)c(/C=N/NC(=O)CN3CCN(CC(=O)Nc4ccc(NC(=O)Nc5ccc(C(F)(F)F)c(Cl)c5)cc4)CC3)cc12. The predicted octanol–water partition coefficient (Wildman–Crippen LogP) is 4.83. The van der Waals surface area contributed by atoms with E-state index in [0.717, 1.165) is 18.2 Å². The average molecular weight is 714 g/mol. The molecule has 1 aromatic heterocycles. The number of aromatic hydroxyl groups is 1. The van der Waals surface area contributed by atoms with E-state index < -0.39 is 28.4 Å². The van der Waals surface area contributed by atoms with Gasteiger partial charge in [-0.3, -0.25) is 19.4 Å². The van der Waals surface area contributed by atoms with Crippen LogP contribution in [0.2, 0.25) is 5.02 Å². The maximum atomic E-state index is 12.9. The van der Waals surface area contributed by atoms with E-state index in [9.17, 15) is 37.5 Å². The van der Waals surface area contributed by atoms with E-state index in [0.29, 0.717) is 54.1 Å². The van der Waals surface area contributed by atoms with Crippen LogP contribution < -0.4 is 27.0 Å². The first kappa shape index (κ1) is 35.8. The summed E-state index contributed by atoms with van der Waals surface area (Å²) in [7, 11) is 0. The molecule has 1 saturated heterocycles. The zero-order valence-electron chi connectivity index (χ0n) is 26.4. The highest BCUT2D eigenvalue weighted by Crippen LogP contribution is 2.36. The van der Waals surface area contributed by atoms with Crippen LogP contribution in [0.15, 0.2) is 75.0 Å². The molecule has 1 aliphatic heterocycles. The number of rotatable bonds is 9. The summed E-state index contributed by atoms with van der Waals surface area (Å²) in [4.78, 5) is 52.8. The van der Waals surface area contributed by atoms with Crippen molar-refractivity contribution in [3.05, 3.63) is 92.8 Å². The fraction of sp³-hybridized carbons (Fsp3) is 0.242. The molecule has 5 rings (SSSR count). The standard InChI is InChI=1S/C33H31ClF3N7O6/c1-19-12-31(48)50-28-15-27(45)20(13-24(19)28)16-38-42-30(47)18-44-10-8-43(9-11-44)17-29(46)39-21-2-4-22(5-3-21)40-32(49)41-23-6-7-25(26(34)14-23)33(35,36)37/h2-7,12-16,45H,8-11,17-18H2,1H3,(H,39,46)(H,42,47)(H2,40,41,49)/b38-16+. The Balaban J connectivity index is 1.01. The van der Waals surface area contributed by atoms with Crippen LogP contribution >= 0.6 is 11.6 Å². The lowest BCUT2D eigenvalue weighted by Gasteiger charge is -2.33. The number of phenols is 1. The second kappa shape index (κ2) is 15.4. The number of aryl methyl sites for hydroxylation is 1. The van der Waals surface area contributed by atoms with Crippen LogP contribution in [0.3, 0.4) is 0 Å². The highest BCUT2D eigenvalue weighted by Gasteiger charge is 2.33. The third kappa shape index (κ3) is 9.58. The first-order valence-electron chi connectivity index (χ1n) is 15.1. The molecule has 4 amide bonds. The monoisotopic (exact) mass is 713 g/mol. The van der Waals surface area contributed by atoms with Crippen molar-refractivity contribution >= 4 is 63.7 Å². The van der Waals surface area contributed by atoms with Gasteiger partial charge in [0.25, 0.3) is 5.91 Å². The molecule has 5 N–H and O–H groups in total. The van der Waals surface area contributed by atoms with Crippen molar-refractivity contribution in [2.24, 2.45) is 5.10 Å². The third-order valence-corrected chi connectivity index (χ3v) is 7.96. The summed E-state index contributed by atoms with van der Waals surface area (Å²) < 4.78 is 43.8. The summed E-state index contributed by atoms with van der Waals surface area (Å²) in [5.41, 5.74) is 3.11. The van der Waals surface area contributed by atoms with Crippen molar-refractivity contribution in [3.8, 4) is 5.75 Å². The lowest BCUT2D eigenvalue weighted by molar-refractivity contribution is -0.137. The fourth-order valence-electron chi connectivity index (χ4n) is 5.15. The highest BCUT2D eigenvalue weighted by molar-refractivity contribution is 6.31. The number of carbonyl (C=O) groups excluding carboxylic acids is 3. The molecular formula is C33H31ClF3N7O6. The normalized spacial score (nSPS) is 14.1. The number of hydrogen-bond acceptors (Lipinski definition) is 9. The molecule has 0 atom stereocenters. The number of fused-ring (bicyclic) bond motifs is 1. The van der Waals surface area contributed by atoms with Crippen LogP contribution in [0.1, 0.15) is 16.7 Å². The lowest BCUT2D eigenvalue weighted by atomic mass is 10.1. The number of amides is 4. The summed E-state index contributed by atoms with van der Waals surface area (Å²) in [5, 5.41) is 22.0. The van der Waals surface area contributed by atoms with Crippen LogP contribution in [0, 0.1) is 6.92 Å². The van der Waals surface area contributed by atoms with Crippen molar-refractivity contribution in [1.29, 1.82) is 0 Å². The Morgan fingerprint density at radius 3 is 2.08 bits per heavy atom. The Kier molecular flexibility index (Phi) is 11.0. The Hall–Kier alpha value is -5.45. The van der Waals surface area contributed by atoms with E-state index in [1.165, 1.54) is 18.3 Å². The molecule has 50 heavy (non-hydrogen) atoms. The number of phenolic OH excluding ortho intramolecular Hbond substituents is 1. The molecule has 1 aliphatic rings. The van der Waals surface area contributed by atoms with Crippen LogP contribution in [0.4, 0.5) is 35.0 Å². The maximum absolute atomic E-state index is 12.9. The van der Waals surface area contributed by atoms with Gasteiger partial charge >= 0.3 is 17.8 Å². The first-order chi connectivity index (χ1) is 23.7. The number of piperazine rings is 1. The van der Waals surface area contributed by atoms with Gasteiger partial charge in [0.15, 0.2) is 0 Å². The Bertz CT molecular complexity index is 2000. The van der Waals surface area contributed by atoms with Crippen LogP contribution in [0.25, 0.3) is 11.0 Å². The van der Waals surface area contributed by atoms with Crippen molar-refractivity contribution in [1.82, 2.24) is 15.2 Å². The Morgan fingerprint density at radius 1 is 0.880 bits per heavy atom. The topological polar surface area (TPSA) is 169 Å². The third-order valence-electron chi connectivity index (χ3n) is 7.65. The molecule has 0 saturated carbocycles. The highest BCUT2D eigenvalue weighted by atomic mass is 35.5. The van der Waals surface area contributed by atoms with Crippen molar-refractivity contribution in [2.45, 2.75) is 13.1 Å². The largest absolute Gasteiger partial charge is 0.507 e. The number of halogens is 4. The quantitative estimate of drug-likeness (QED) is 0.0934. The molecule has 17 heteroatoms. The number of alkyl halides is 3. The van der Waals surface area contributed by atoms with Crippen LogP contribution in [-0.4, -0.2) is 78.2 Å². The van der Waals surface area contributed by atoms with Gasteiger partial charge in [-0.1, -0.05) is 11.6 Å². The van der Waals surface area contributed by atoms with E-state index in [4.69, 9.17) is 16.0 Å². The number of anilines is 3. The van der Waals surface area contributed by atoms with Crippen molar-refractivity contribution in [3.63, 3.8) is 0 Å². The minimum atomic E-state index is -4.61. The van der Waals surface area contributed by atoms with E-state index >= 15 is 0 Å². The number of hydrogen-bond donors (Lipinski definition) is 5. The van der Waals surface area contributed by atoms with Gasteiger partial charge in [0.1, 0.15) is 11.3 Å². The minimum Gasteiger partial charge on any atom is -0.507 e. The molecule has 13 nitrogen and oxygen atoms in total. The summed E-state index contributed by atoms with van der Waals surface area (Å²) in [6.45, 7) is 4.14. The molecule has 0 unspecified atom stereocenters. The van der Waals surface area contributed by atoms with Crippen LogP contribution in [-0.2, 0) is 15.8 Å². The Morgan fingerprint density at radius 2 is 1.46 bits per heavy atom. The zero-order valence-corrected chi connectivity index (χ0v) is 27.2. The number of benzene rings is 3. The van der Waals surface area contributed by atoms with Gasteiger partial charge in [0.2, 0.25) is 5.91 Å². The summed E-state index contributed by atoms with van der Waals surface area (Å²) in [6, 6.07) is 12.7. The van der Waals surface area contributed by atoms with Crippen molar-refractivity contribution < 1.29 is 37.1 Å². The predicted molar refractivity (Wildman–Crippen MR) is 182 cm³/mol. The molecule has 2 heterocycles. The summed E-state index contributed by atoms with van der Waals surface area (Å²) >= 11 is 5.69. The molecule has 3 aromatic carbocycles. The van der Waals surface area contributed by atoms with Gasteiger partial charge in [-0.25, -0.2) is 15.0 Å².